The van der Waals surface area contributed by atoms with Gasteiger partial charge in [0, 0.05) is 11.8 Å². The molecule has 0 bridgehead atoms. The summed E-state index contributed by atoms with van der Waals surface area (Å²) in [5.74, 6) is 0.194. The van der Waals surface area contributed by atoms with Crippen LogP contribution in [0.2, 0.25) is 0 Å². The Hall–Kier alpha value is -0.660. The largest absolute Gasteiger partial charge is 0.300 e. The normalized spacial score (nSPS) is 13.2. The van der Waals surface area contributed by atoms with E-state index in [9.17, 15) is 9.59 Å². The molecule has 1 unspecified atom stereocenters. The van der Waals surface area contributed by atoms with E-state index in [4.69, 9.17) is 0 Å². The summed E-state index contributed by atoms with van der Waals surface area (Å²) in [5.41, 5.74) is -0.425. The van der Waals surface area contributed by atoms with Crippen LogP contribution in [0.3, 0.4) is 0 Å². The van der Waals surface area contributed by atoms with Crippen molar-refractivity contribution < 1.29 is 9.59 Å². The van der Waals surface area contributed by atoms with Crippen LogP contribution in [0.4, 0.5) is 0 Å². The number of Topliss-reactive ketones (excluding diaryl/α,β-unsaturated/α-hetero) is 2. The van der Waals surface area contributed by atoms with Crippen LogP contribution >= 0.6 is 0 Å². The predicted octanol–water partition coefficient (Wildman–Crippen LogP) is 3.24. The van der Waals surface area contributed by atoms with Crippen molar-refractivity contribution in [3.05, 3.63) is 0 Å². The molecule has 0 saturated heterocycles. The Morgan fingerprint density at radius 1 is 1.15 bits per heavy atom. The van der Waals surface area contributed by atoms with Crippen LogP contribution in [0.1, 0.15) is 55.4 Å². The van der Waals surface area contributed by atoms with Crippen LogP contribution in [0.5, 0.6) is 0 Å². The van der Waals surface area contributed by atoms with E-state index in [-0.39, 0.29) is 26.4 Å². The summed E-state index contributed by atoms with van der Waals surface area (Å²) in [5, 5.41) is 0. The minimum absolute atomic E-state index is 0. The molecule has 0 aromatic heterocycles. The van der Waals surface area contributed by atoms with Crippen molar-refractivity contribution in [1.29, 1.82) is 0 Å². The second-order valence-electron chi connectivity index (χ2n) is 3.35. The lowest BCUT2D eigenvalue weighted by atomic mass is 9.79. The molecular formula is C11H24O2. The molecule has 0 rings (SSSR count). The zero-order valence-corrected chi connectivity index (χ0v) is 7.73. The number of carbonyl (C=O) groups excluding carboxylic acids is 2. The molecule has 80 valence electrons. The highest BCUT2D eigenvalue weighted by Crippen LogP contribution is 2.26. The second kappa shape index (κ2) is 6.81. The van der Waals surface area contributed by atoms with Gasteiger partial charge in [-0.25, -0.2) is 0 Å². The molecule has 0 aromatic carbocycles. The van der Waals surface area contributed by atoms with Crippen LogP contribution in [0, 0.1) is 5.41 Å². The molecule has 0 aromatic rings. The number of carbonyl (C=O) groups is 2. The third kappa shape index (κ3) is 5.56. The highest BCUT2D eigenvalue weighted by atomic mass is 16.1. The first-order chi connectivity index (χ1) is 4.92. The first-order valence-corrected chi connectivity index (χ1v) is 3.93. The summed E-state index contributed by atoms with van der Waals surface area (Å²) in [7, 11) is 0. The summed E-state index contributed by atoms with van der Waals surface area (Å²) in [6, 6.07) is 0. The highest BCUT2D eigenvalue weighted by molar-refractivity contribution is 5.88. The molecule has 1 atom stereocenters. The zero-order chi connectivity index (χ0) is 9.07. The fraction of sp³-hybridized carbons (Fsp3) is 0.818. The van der Waals surface area contributed by atoms with Gasteiger partial charge in [0.05, 0.1) is 0 Å². The standard InChI is InChI=1S/C9H16O2.2CH4/c1-5-9(4,8(3)11)6-7(2)10;;/h5-6H2,1-4H3;2*1H4. The van der Waals surface area contributed by atoms with Crippen molar-refractivity contribution in [2.75, 3.05) is 0 Å². The van der Waals surface area contributed by atoms with Gasteiger partial charge in [0.25, 0.3) is 0 Å². The third-order valence-electron chi connectivity index (χ3n) is 2.27. The number of hydrogen-bond acceptors (Lipinski definition) is 2. The van der Waals surface area contributed by atoms with Gasteiger partial charge in [-0.3, -0.25) is 9.59 Å². The molecular weight excluding hydrogens is 164 g/mol. The smallest absolute Gasteiger partial charge is 0.136 e. The van der Waals surface area contributed by atoms with Gasteiger partial charge < -0.3 is 0 Å². The van der Waals surface area contributed by atoms with Crippen LogP contribution in [0.15, 0.2) is 0 Å². The lowest BCUT2D eigenvalue weighted by molar-refractivity contribution is -0.131. The lowest BCUT2D eigenvalue weighted by Crippen LogP contribution is -2.26. The Kier molecular flexibility index (Phi) is 9.53. The summed E-state index contributed by atoms with van der Waals surface area (Å²) in [6.45, 7) is 6.85. The summed E-state index contributed by atoms with van der Waals surface area (Å²) < 4.78 is 0. The maximum absolute atomic E-state index is 11.1. The molecule has 0 spiro atoms. The minimum Gasteiger partial charge on any atom is -0.300 e. The quantitative estimate of drug-likeness (QED) is 0.678. The van der Waals surface area contributed by atoms with Gasteiger partial charge in [-0.2, -0.15) is 0 Å². The van der Waals surface area contributed by atoms with E-state index < -0.39 is 5.41 Å². The lowest BCUT2D eigenvalue weighted by Gasteiger charge is -2.22. The van der Waals surface area contributed by atoms with Crippen LogP contribution in [-0.2, 0) is 9.59 Å². The first-order valence-electron chi connectivity index (χ1n) is 3.93. The van der Waals surface area contributed by atoms with Crippen molar-refractivity contribution >= 4 is 11.6 Å². The molecule has 0 amide bonds. The van der Waals surface area contributed by atoms with E-state index in [0.29, 0.717) is 6.42 Å². The predicted molar refractivity (Wildman–Crippen MR) is 57.8 cm³/mol. The second-order valence-corrected chi connectivity index (χ2v) is 3.35. The van der Waals surface area contributed by atoms with E-state index in [1.165, 1.54) is 6.92 Å². The van der Waals surface area contributed by atoms with Gasteiger partial charge in [-0.05, 0) is 20.3 Å². The Bertz CT molecular complexity index is 173. The third-order valence-corrected chi connectivity index (χ3v) is 2.27. The Morgan fingerprint density at radius 3 is 1.62 bits per heavy atom. The molecule has 0 fully saturated rings. The van der Waals surface area contributed by atoms with Gasteiger partial charge in [0.15, 0.2) is 0 Å². The van der Waals surface area contributed by atoms with E-state index >= 15 is 0 Å². The van der Waals surface area contributed by atoms with E-state index in [1.54, 1.807) is 6.92 Å². The fourth-order valence-corrected chi connectivity index (χ4v) is 1.05. The average molecular weight is 188 g/mol. The molecule has 0 saturated carbocycles. The van der Waals surface area contributed by atoms with Crippen molar-refractivity contribution in [2.24, 2.45) is 5.41 Å². The van der Waals surface area contributed by atoms with Crippen LogP contribution < -0.4 is 0 Å². The van der Waals surface area contributed by atoms with E-state index in [2.05, 4.69) is 0 Å². The SMILES string of the molecule is C.C.CCC(C)(CC(C)=O)C(C)=O. The maximum Gasteiger partial charge on any atom is 0.136 e. The van der Waals surface area contributed by atoms with E-state index in [1.807, 2.05) is 13.8 Å². The summed E-state index contributed by atoms with van der Waals surface area (Å²) in [6.07, 6.45) is 1.11. The number of ketones is 2. The summed E-state index contributed by atoms with van der Waals surface area (Å²) >= 11 is 0. The van der Waals surface area contributed by atoms with Crippen LogP contribution in [0.25, 0.3) is 0 Å². The highest BCUT2D eigenvalue weighted by Gasteiger charge is 2.28. The Morgan fingerprint density at radius 2 is 1.54 bits per heavy atom. The van der Waals surface area contributed by atoms with Crippen LogP contribution in [-0.4, -0.2) is 11.6 Å². The van der Waals surface area contributed by atoms with Crippen molar-refractivity contribution in [3.63, 3.8) is 0 Å². The molecule has 2 nitrogen and oxygen atoms in total. The van der Waals surface area contributed by atoms with Gasteiger partial charge in [-0.1, -0.05) is 28.7 Å². The molecule has 0 N–H and O–H groups in total. The Labute approximate surface area is 82.7 Å². The van der Waals surface area contributed by atoms with Crippen molar-refractivity contribution in [3.8, 4) is 0 Å². The zero-order valence-electron chi connectivity index (χ0n) is 7.73. The number of hydrogen-bond donors (Lipinski definition) is 0. The molecule has 0 aliphatic carbocycles. The average Bonchev–Trinajstić information content (AvgIpc) is 1.86. The Balaban J connectivity index is -0.000000500. The topological polar surface area (TPSA) is 34.1 Å². The molecule has 0 radical (unpaired) electrons. The summed E-state index contributed by atoms with van der Waals surface area (Å²) in [4.78, 5) is 21.9. The van der Waals surface area contributed by atoms with Crippen molar-refractivity contribution in [1.82, 2.24) is 0 Å². The molecule has 0 heterocycles. The van der Waals surface area contributed by atoms with Gasteiger partial charge in [-0.15, -0.1) is 0 Å². The monoisotopic (exact) mass is 188 g/mol. The van der Waals surface area contributed by atoms with Gasteiger partial charge in [0.2, 0.25) is 0 Å². The molecule has 2 heteroatoms. The molecule has 0 aliphatic rings. The van der Waals surface area contributed by atoms with Gasteiger partial charge in [0.1, 0.15) is 11.6 Å². The van der Waals surface area contributed by atoms with Gasteiger partial charge >= 0.3 is 0 Å². The fourth-order valence-electron chi connectivity index (χ4n) is 1.05. The first kappa shape index (κ1) is 18.2. The molecule has 13 heavy (non-hydrogen) atoms. The van der Waals surface area contributed by atoms with E-state index in [0.717, 1.165) is 6.42 Å². The molecule has 0 aliphatic heterocycles. The minimum atomic E-state index is -0.425. The number of rotatable bonds is 4. The van der Waals surface area contributed by atoms with Crippen molar-refractivity contribution in [2.45, 2.75) is 55.4 Å². The maximum atomic E-state index is 11.1.